The molecule has 1 aromatic carbocycles. The average Bonchev–Trinajstić information content (AvgIpc) is 2.64. The lowest BCUT2D eigenvalue weighted by Gasteiger charge is -2.01. The Kier molecular flexibility index (Phi) is 2.95. The van der Waals surface area contributed by atoms with Crippen LogP contribution in [-0.2, 0) is 4.79 Å². The van der Waals surface area contributed by atoms with E-state index in [0.29, 0.717) is 12.1 Å². The molecule has 0 saturated heterocycles. The number of H-pyrrole nitrogens is 1. The third-order valence-corrected chi connectivity index (χ3v) is 2.66. The fourth-order valence-corrected chi connectivity index (χ4v) is 1.92. The Morgan fingerprint density at radius 3 is 2.71 bits per heavy atom. The first kappa shape index (κ1) is 11.4. The lowest BCUT2D eigenvalue weighted by Crippen LogP contribution is -2.30. The number of rotatable bonds is 3. The minimum absolute atomic E-state index is 0.450. The summed E-state index contributed by atoms with van der Waals surface area (Å²) in [6, 6.07) is 7.46. The molecule has 17 heavy (non-hydrogen) atoms. The van der Waals surface area contributed by atoms with Gasteiger partial charge in [0.1, 0.15) is 0 Å². The lowest BCUT2D eigenvalue weighted by molar-refractivity contribution is -0.116. The highest BCUT2D eigenvalue weighted by molar-refractivity contribution is 6.45. The fourth-order valence-electron chi connectivity index (χ4n) is 1.92. The van der Waals surface area contributed by atoms with E-state index in [1.807, 2.05) is 24.3 Å². The molecule has 4 nitrogen and oxygen atoms in total. The number of nitrogens with one attached hydrogen (secondary N) is 2. The van der Waals surface area contributed by atoms with Gasteiger partial charge < -0.3 is 10.3 Å². The lowest BCUT2D eigenvalue weighted by atomic mass is 10.1. The molecule has 1 aromatic heterocycles. The summed E-state index contributed by atoms with van der Waals surface area (Å²) in [6.45, 7) is 4.03. The van der Waals surface area contributed by atoms with Gasteiger partial charge in [-0.05, 0) is 19.9 Å². The standard InChI is InChI=1S/C13H14N2O2/c1-3-14-13(17)12(16)11-8(2)15-10-7-5-4-6-9(10)11/h4-7,15H,3H2,1-2H3,(H,14,17). The second kappa shape index (κ2) is 4.41. The molecule has 0 aliphatic heterocycles. The molecule has 1 amide bonds. The zero-order valence-electron chi connectivity index (χ0n) is 9.83. The molecule has 0 spiro atoms. The molecule has 2 N–H and O–H groups in total. The highest BCUT2D eigenvalue weighted by Gasteiger charge is 2.21. The molecule has 0 atom stereocenters. The van der Waals surface area contributed by atoms with E-state index in [9.17, 15) is 9.59 Å². The van der Waals surface area contributed by atoms with Crippen LogP contribution in [0, 0.1) is 6.92 Å². The first-order chi connectivity index (χ1) is 8.15. The second-order valence-electron chi connectivity index (χ2n) is 3.86. The molecule has 88 valence electrons. The summed E-state index contributed by atoms with van der Waals surface area (Å²) in [6.07, 6.45) is 0. The third kappa shape index (κ3) is 1.93. The van der Waals surface area contributed by atoms with Crippen LogP contribution >= 0.6 is 0 Å². The number of carbonyl (C=O) groups excluding carboxylic acids is 2. The van der Waals surface area contributed by atoms with Crippen LogP contribution in [0.2, 0.25) is 0 Å². The number of aromatic nitrogens is 1. The zero-order chi connectivity index (χ0) is 12.4. The Balaban J connectivity index is 2.51. The van der Waals surface area contributed by atoms with E-state index in [1.165, 1.54) is 0 Å². The second-order valence-corrected chi connectivity index (χ2v) is 3.86. The third-order valence-electron chi connectivity index (χ3n) is 2.66. The van der Waals surface area contributed by atoms with Crippen molar-refractivity contribution in [3.05, 3.63) is 35.5 Å². The van der Waals surface area contributed by atoms with Crippen molar-refractivity contribution in [3.8, 4) is 0 Å². The number of carbonyl (C=O) groups is 2. The van der Waals surface area contributed by atoms with E-state index in [2.05, 4.69) is 10.3 Å². The van der Waals surface area contributed by atoms with Crippen molar-refractivity contribution in [2.24, 2.45) is 0 Å². The van der Waals surface area contributed by atoms with E-state index < -0.39 is 11.7 Å². The SMILES string of the molecule is CCNC(=O)C(=O)c1c(C)[nH]c2ccccc12. The Morgan fingerprint density at radius 1 is 1.29 bits per heavy atom. The number of hydrogen-bond donors (Lipinski definition) is 2. The highest BCUT2D eigenvalue weighted by atomic mass is 16.2. The van der Waals surface area contributed by atoms with Crippen molar-refractivity contribution in [3.63, 3.8) is 0 Å². The Bertz CT molecular complexity index is 584. The maximum Gasteiger partial charge on any atom is 0.292 e. The molecule has 4 heteroatoms. The van der Waals surface area contributed by atoms with Gasteiger partial charge in [-0.15, -0.1) is 0 Å². The van der Waals surface area contributed by atoms with Crippen LogP contribution in [0.1, 0.15) is 23.0 Å². The molecule has 0 saturated carbocycles. The summed E-state index contributed by atoms with van der Waals surface area (Å²) in [5, 5.41) is 3.32. The van der Waals surface area contributed by atoms with Crippen molar-refractivity contribution in [2.75, 3.05) is 6.54 Å². The van der Waals surface area contributed by atoms with Crippen LogP contribution in [0.15, 0.2) is 24.3 Å². The van der Waals surface area contributed by atoms with Crippen LogP contribution in [0.25, 0.3) is 10.9 Å². The van der Waals surface area contributed by atoms with E-state index in [0.717, 1.165) is 16.6 Å². The largest absolute Gasteiger partial charge is 0.358 e. The van der Waals surface area contributed by atoms with E-state index >= 15 is 0 Å². The number of amides is 1. The molecule has 0 radical (unpaired) electrons. The predicted octanol–water partition coefficient (Wildman–Crippen LogP) is 1.80. The van der Waals surface area contributed by atoms with Crippen molar-refractivity contribution >= 4 is 22.6 Å². The quantitative estimate of drug-likeness (QED) is 0.623. The zero-order valence-corrected chi connectivity index (χ0v) is 9.83. The molecule has 1 heterocycles. The van der Waals surface area contributed by atoms with Crippen LogP contribution in [0.3, 0.4) is 0 Å². The molecule has 2 aromatic rings. The normalized spacial score (nSPS) is 10.5. The van der Waals surface area contributed by atoms with Gasteiger partial charge in [0.25, 0.3) is 11.7 Å². The molecular formula is C13H14N2O2. The first-order valence-corrected chi connectivity index (χ1v) is 5.55. The van der Waals surface area contributed by atoms with Gasteiger partial charge in [0.2, 0.25) is 0 Å². The van der Waals surface area contributed by atoms with E-state index in [4.69, 9.17) is 0 Å². The van der Waals surface area contributed by atoms with Crippen molar-refractivity contribution in [2.45, 2.75) is 13.8 Å². The van der Waals surface area contributed by atoms with Gasteiger partial charge in [-0.25, -0.2) is 0 Å². The van der Waals surface area contributed by atoms with Crippen LogP contribution in [0.4, 0.5) is 0 Å². The van der Waals surface area contributed by atoms with Crippen molar-refractivity contribution in [1.29, 1.82) is 0 Å². The number of benzene rings is 1. The van der Waals surface area contributed by atoms with Gasteiger partial charge in [0.15, 0.2) is 0 Å². The summed E-state index contributed by atoms with van der Waals surface area (Å²) >= 11 is 0. The highest BCUT2D eigenvalue weighted by Crippen LogP contribution is 2.22. The van der Waals surface area contributed by atoms with Crippen LogP contribution < -0.4 is 5.32 Å². The van der Waals surface area contributed by atoms with Gasteiger partial charge >= 0.3 is 0 Å². The van der Waals surface area contributed by atoms with Gasteiger partial charge in [-0.3, -0.25) is 9.59 Å². The minimum atomic E-state index is -0.555. The van der Waals surface area contributed by atoms with Crippen LogP contribution in [-0.4, -0.2) is 23.2 Å². The molecule has 0 bridgehead atoms. The van der Waals surface area contributed by atoms with Gasteiger partial charge in [-0.2, -0.15) is 0 Å². The smallest absolute Gasteiger partial charge is 0.292 e. The number of hydrogen-bond acceptors (Lipinski definition) is 2. The predicted molar refractivity (Wildman–Crippen MR) is 66.0 cm³/mol. The maximum atomic E-state index is 12.0. The fraction of sp³-hybridized carbons (Fsp3) is 0.231. The number of likely N-dealkylation sites (N-methyl/N-ethyl adjacent to an activating group) is 1. The van der Waals surface area contributed by atoms with Crippen molar-refractivity contribution in [1.82, 2.24) is 10.3 Å². The number of aromatic amines is 1. The summed E-state index contributed by atoms with van der Waals surface area (Å²) < 4.78 is 0. The summed E-state index contributed by atoms with van der Waals surface area (Å²) in [5.74, 6) is -1.04. The summed E-state index contributed by atoms with van der Waals surface area (Å²) in [7, 11) is 0. The van der Waals surface area contributed by atoms with Gasteiger partial charge in [0.05, 0.1) is 5.56 Å². The number of aryl methyl sites for hydroxylation is 1. The monoisotopic (exact) mass is 230 g/mol. The van der Waals surface area contributed by atoms with E-state index in [-0.39, 0.29) is 0 Å². The number of Topliss-reactive ketones (excluding diaryl/α,β-unsaturated/α-hetero) is 1. The van der Waals surface area contributed by atoms with Crippen LogP contribution in [0.5, 0.6) is 0 Å². The van der Waals surface area contributed by atoms with Gasteiger partial charge in [-0.1, -0.05) is 18.2 Å². The van der Waals surface area contributed by atoms with Crippen molar-refractivity contribution < 1.29 is 9.59 Å². The minimum Gasteiger partial charge on any atom is -0.358 e. The molecule has 0 aliphatic rings. The topological polar surface area (TPSA) is 62.0 Å². The average molecular weight is 230 g/mol. The Morgan fingerprint density at radius 2 is 2.00 bits per heavy atom. The summed E-state index contributed by atoms with van der Waals surface area (Å²) in [4.78, 5) is 26.7. The molecular weight excluding hydrogens is 216 g/mol. The first-order valence-electron chi connectivity index (χ1n) is 5.55. The Hall–Kier alpha value is -2.10. The van der Waals surface area contributed by atoms with Gasteiger partial charge in [0, 0.05) is 23.1 Å². The maximum absolute atomic E-state index is 12.0. The molecule has 0 unspecified atom stereocenters. The van der Waals surface area contributed by atoms with E-state index in [1.54, 1.807) is 13.8 Å². The Labute approximate surface area is 99.0 Å². The number of fused-ring (bicyclic) bond motifs is 1. The summed E-state index contributed by atoms with van der Waals surface area (Å²) in [5.41, 5.74) is 2.06. The number of ketones is 1. The molecule has 0 aliphatic carbocycles. The molecule has 0 fully saturated rings. The number of para-hydroxylation sites is 1. The molecule has 2 rings (SSSR count).